The number of amides is 1. The molecule has 1 N–H and O–H groups in total. The number of hydrogen-bond acceptors (Lipinski definition) is 8. The average Bonchev–Trinajstić information content (AvgIpc) is 2.93. The molecule has 10 heteroatoms. The molecule has 2 rings (SSSR count). The first kappa shape index (κ1) is 20.6. The van der Waals surface area contributed by atoms with Crippen molar-refractivity contribution < 1.29 is 22.7 Å². The molecule has 1 aliphatic heterocycles. The molecule has 140 valence electrons. The van der Waals surface area contributed by atoms with Gasteiger partial charge in [0.25, 0.3) is 5.91 Å². The second-order valence-electron chi connectivity index (χ2n) is 5.71. The topological polar surface area (TPSA) is 113 Å². The summed E-state index contributed by atoms with van der Waals surface area (Å²) in [5.74, 6) is -0.743. The first-order chi connectivity index (χ1) is 12.3. The lowest BCUT2D eigenvalue weighted by Gasteiger charge is -2.10. The van der Waals surface area contributed by atoms with Crippen molar-refractivity contribution in [3.63, 3.8) is 0 Å². The smallest absolute Gasteiger partial charge is 0.316 e. The Balaban J connectivity index is 1.73. The molecule has 0 bridgehead atoms. The first-order valence-corrected chi connectivity index (χ1v) is 11.4. The van der Waals surface area contributed by atoms with Crippen molar-refractivity contribution in [2.24, 2.45) is 0 Å². The van der Waals surface area contributed by atoms with Crippen molar-refractivity contribution in [2.45, 2.75) is 23.5 Å². The number of nitriles is 1. The van der Waals surface area contributed by atoms with E-state index in [1.165, 1.54) is 11.8 Å². The number of rotatable bonds is 7. The summed E-state index contributed by atoms with van der Waals surface area (Å²) in [5.41, 5.74) is 1.38. The molecule has 0 saturated carbocycles. The Bertz CT molecular complexity index is 833. The summed E-state index contributed by atoms with van der Waals surface area (Å²) in [5, 5.41) is 13.2. The minimum absolute atomic E-state index is 0.0204. The maximum Gasteiger partial charge on any atom is 0.316 e. The molecule has 1 aromatic rings. The number of nitrogens with zero attached hydrogens (tertiary/aromatic N) is 1. The van der Waals surface area contributed by atoms with Crippen LogP contribution in [0.5, 0.6) is 0 Å². The fourth-order valence-electron chi connectivity index (χ4n) is 2.34. The summed E-state index contributed by atoms with van der Waals surface area (Å²) in [7, 11) is -2.97. The van der Waals surface area contributed by atoms with Gasteiger partial charge in [-0.2, -0.15) is 5.26 Å². The van der Waals surface area contributed by atoms with Crippen LogP contribution in [0.1, 0.15) is 12.0 Å². The van der Waals surface area contributed by atoms with Crippen LogP contribution in [0.15, 0.2) is 23.1 Å². The minimum Gasteiger partial charge on any atom is -0.455 e. The normalized spacial score (nSPS) is 18.1. The van der Waals surface area contributed by atoms with Crippen LogP contribution in [0.25, 0.3) is 0 Å². The number of sulfone groups is 1. The molecule has 0 unspecified atom stereocenters. The molecular formula is C16H18N2O5S3. The molecule has 1 fully saturated rings. The third-order valence-corrected chi connectivity index (χ3v) is 7.46. The largest absolute Gasteiger partial charge is 0.455 e. The van der Waals surface area contributed by atoms with Gasteiger partial charge in [-0.15, -0.1) is 11.8 Å². The van der Waals surface area contributed by atoms with E-state index in [1.807, 2.05) is 5.40 Å². The fraction of sp³-hybridized carbons (Fsp3) is 0.438. The lowest BCUT2D eigenvalue weighted by atomic mass is 10.2. The molecular weight excluding hydrogens is 396 g/mol. The Morgan fingerprint density at radius 2 is 2.19 bits per heavy atom. The van der Waals surface area contributed by atoms with E-state index >= 15 is 0 Å². The van der Waals surface area contributed by atoms with Crippen molar-refractivity contribution in [2.75, 3.05) is 29.2 Å². The molecule has 1 atom stereocenters. The average molecular weight is 415 g/mol. The summed E-state index contributed by atoms with van der Waals surface area (Å²) in [6.45, 7) is 1.39. The molecule has 0 aliphatic carbocycles. The Hall–Kier alpha value is -1.70. The van der Waals surface area contributed by atoms with Crippen molar-refractivity contribution in [1.29, 1.82) is 5.26 Å². The number of benzene rings is 1. The number of aryl methyl sites for hydroxylation is 1. The van der Waals surface area contributed by atoms with Gasteiger partial charge < -0.3 is 10.1 Å². The number of esters is 1. The number of ether oxygens (including phenoxy) is 1. The van der Waals surface area contributed by atoms with Crippen molar-refractivity contribution in [3.05, 3.63) is 23.8 Å². The number of hydrogen-bond donors (Lipinski definition) is 1. The van der Waals surface area contributed by atoms with Gasteiger partial charge in [0.05, 0.1) is 17.3 Å². The lowest BCUT2D eigenvalue weighted by Crippen LogP contribution is -2.22. The number of thioether (sulfide) groups is 2. The van der Waals surface area contributed by atoms with E-state index in [2.05, 4.69) is 5.32 Å². The number of nitrogens with one attached hydrogen (secondary N) is 1. The van der Waals surface area contributed by atoms with Crippen LogP contribution in [0.2, 0.25) is 0 Å². The number of carbonyl (C=O) groups is 2. The van der Waals surface area contributed by atoms with E-state index in [4.69, 9.17) is 10.00 Å². The predicted molar refractivity (Wildman–Crippen MR) is 102 cm³/mol. The molecule has 7 nitrogen and oxygen atoms in total. The van der Waals surface area contributed by atoms with Crippen LogP contribution in [0.4, 0.5) is 5.69 Å². The van der Waals surface area contributed by atoms with Gasteiger partial charge in [-0.1, -0.05) is 0 Å². The van der Waals surface area contributed by atoms with Gasteiger partial charge in [0.15, 0.2) is 16.4 Å². The molecule has 1 saturated heterocycles. The highest BCUT2D eigenvalue weighted by molar-refractivity contribution is 8.03. The Labute approximate surface area is 160 Å². The fourth-order valence-corrected chi connectivity index (χ4v) is 6.26. The summed E-state index contributed by atoms with van der Waals surface area (Å²) < 4.78 is 27.6. The Morgan fingerprint density at radius 3 is 2.81 bits per heavy atom. The third kappa shape index (κ3) is 6.55. The molecule has 26 heavy (non-hydrogen) atoms. The van der Waals surface area contributed by atoms with Gasteiger partial charge in [0.1, 0.15) is 5.40 Å². The Morgan fingerprint density at radius 1 is 1.42 bits per heavy atom. The van der Waals surface area contributed by atoms with Gasteiger partial charge in [-0.3, -0.25) is 9.59 Å². The van der Waals surface area contributed by atoms with Crippen LogP contribution in [0.3, 0.4) is 0 Å². The van der Waals surface area contributed by atoms with Gasteiger partial charge in [0.2, 0.25) is 0 Å². The van der Waals surface area contributed by atoms with E-state index in [0.717, 1.165) is 22.2 Å². The third-order valence-electron chi connectivity index (χ3n) is 3.63. The van der Waals surface area contributed by atoms with E-state index in [9.17, 15) is 18.0 Å². The highest BCUT2D eigenvalue weighted by Crippen LogP contribution is 2.25. The summed E-state index contributed by atoms with van der Waals surface area (Å²) >= 11 is 2.28. The SMILES string of the molecule is Cc1cc(SC#N)ccc1NC(=O)COC(=O)CS[C@H]1CCS(=O)(=O)C1. The maximum atomic E-state index is 11.9. The van der Waals surface area contributed by atoms with E-state index in [1.54, 1.807) is 25.1 Å². The molecule has 0 spiro atoms. The summed E-state index contributed by atoms with van der Waals surface area (Å²) in [6, 6.07) is 5.18. The molecule has 1 amide bonds. The quantitative estimate of drug-likeness (QED) is 0.409. The monoisotopic (exact) mass is 414 g/mol. The molecule has 1 heterocycles. The first-order valence-electron chi connectivity index (χ1n) is 7.73. The minimum atomic E-state index is -2.97. The van der Waals surface area contributed by atoms with E-state index < -0.39 is 28.3 Å². The number of thiocyanates is 1. The van der Waals surface area contributed by atoms with Crippen LogP contribution < -0.4 is 5.32 Å². The zero-order chi connectivity index (χ0) is 19.2. The van der Waals surface area contributed by atoms with Gasteiger partial charge in [-0.05, 0) is 48.9 Å². The van der Waals surface area contributed by atoms with Gasteiger partial charge in [-0.25, -0.2) is 8.42 Å². The zero-order valence-electron chi connectivity index (χ0n) is 14.1. The highest BCUT2D eigenvalue weighted by Gasteiger charge is 2.28. The zero-order valence-corrected chi connectivity index (χ0v) is 16.5. The highest BCUT2D eigenvalue weighted by atomic mass is 32.2. The molecule has 1 aliphatic rings. The van der Waals surface area contributed by atoms with Crippen molar-refractivity contribution in [3.8, 4) is 5.40 Å². The predicted octanol–water partition coefficient (Wildman–Crippen LogP) is 1.97. The second-order valence-corrected chi connectivity index (χ2v) is 10.1. The summed E-state index contributed by atoms with van der Waals surface area (Å²) in [4.78, 5) is 24.4. The molecule has 1 aromatic carbocycles. The van der Waals surface area contributed by atoms with Crippen LogP contribution in [0, 0.1) is 17.6 Å². The van der Waals surface area contributed by atoms with Crippen molar-refractivity contribution >= 4 is 50.9 Å². The molecule has 0 aromatic heterocycles. The number of carbonyl (C=O) groups excluding carboxylic acids is 2. The lowest BCUT2D eigenvalue weighted by molar-refractivity contribution is -0.144. The van der Waals surface area contributed by atoms with E-state index in [0.29, 0.717) is 12.1 Å². The van der Waals surface area contributed by atoms with Crippen LogP contribution >= 0.6 is 23.5 Å². The van der Waals surface area contributed by atoms with Crippen LogP contribution in [-0.4, -0.2) is 49.4 Å². The molecule has 0 radical (unpaired) electrons. The Kier molecular flexibility index (Phi) is 7.37. The van der Waals surface area contributed by atoms with E-state index in [-0.39, 0.29) is 22.5 Å². The van der Waals surface area contributed by atoms with Crippen molar-refractivity contribution in [1.82, 2.24) is 0 Å². The van der Waals surface area contributed by atoms with Crippen LogP contribution in [-0.2, 0) is 24.2 Å². The maximum absolute atomic E-state index is 11.9. The van der Waals surface area contributed by atoms with Gasteiger partial charge >= 0.3 is 5.97 Å². The second kappa shape index (κ2) is 9.30. The number of anilines is 1. The standard InChI is InChI=1S/C16H18N2O5S3/c1-11-6-12(25-10-17)2-3-14(11)18-15(19)7-23-16(20)8-24-13-4-5-26(21,22)9-13/h2-3,6,13H,4-5,7-9H2,1H3,(H,18,19)/t13-/m0/s1. The summed E-state index contributed by atoms with van der Waals surface area (Å²) in [6.07, 6.45) is 0.542. The van der Waals surface area contributed by atoms with Gasteiger partial charge in [0, 0.05) is 15.8 Å².